The largest absolute Gasteiger partial charge is 0.493 e. The number of hydrogen-bond donors (Lipinski definition) is 4. The Kier molecular flexibility index (Phi) is 10.7. The van der Waals surface area contributed by atoms with Gasteiger partial charge in [-0.3, -0.25) is 14.4 Å². The molecule has 1 aliphatic carbocycles. The molecule has 11 nitrogen and oxygen atoms in total. The Balaban J connectivity index is 2.06. The maximum absolute atomic E-state index is 13.3. The molecule has 0 heterocycles. The van der Waals surface area contributed by atoms with E-state index >= 15 is 0 Å². The summed E-state index contributed by atoms with van der Waals surface area (Å²) in [7, 11) is 4.56. The van der Waals surface area contributed by atoms with Crippen molar-refractivity contribution < 1.29 is 33.7 Å². The van der Waals surface area contributed by atoms with E-state index in [1.807, 2.05) is 12.3 Å². The summed E-state index contributed by atoms with van der Waals surface area (Å²) >= 11 is 1.48. The average Bonchev–Trinajstić information content (AvgIpc) is 3.16. The van der Waals surface area contributed by atoms with Crippen LogP contribution >= 0.6 is 11.8 Å². The lowest BCUT2D eigenvalue weighted by molar-refractivity contribution is -0.141. The van der Waals surface area contributed by atoms with Gasteiger partial charge in [0.2, 0.25) is 23.0 Å². The summed E-state index contributed by atoms with van der Waals surface area (Å²) in [4.78, 5) is 49.4. The standard InChI is InChI=1S/C28H35N3O8S/c1-15(32)30-19-8-6-16-12-23(37-2)26(38-3)27(39-4)25(16)17-7-9-20(22(33)13-18(17)19)29-14-24(34)31-21(28(35)36)10-11-40-5/h7,9,12-13,19,21H,6,8,10-11,14H2,1-5H3,(H,29,33)(H,30,32)(H,31,34)(H,35,36). The van der Waals surface area contributed by atoms with Gasteiger partial charge < -0.3 is 35.3 Å². The molecule has 1 aliphatic rings. The molecule has 0 aliphatic heterocycles. The lowest BCUT2D eigenvalue weighted by atomic mass is 9.95. The van der Waals surface area contributed by atoms with Crippen molar-refractivity contribution in [2.24, 2.45) is 0 Å². The Morgan fingerprint density at radius 1 is 1.10 bits per heavy atom. The number of nitrogens with one attached hydrogen (secondary N) is 3. The summed E-state index contributed by atoms with van der Waals surface area (Å²) in [6, 6.07) is 5.12. The molecule has 2 aromatic rings. The number of hydrogen-bond acceptors (Lipinski definition) is 9. The fourth-order valence-electron chi connectivity index (χ4n) is 4.77. The molecule has 216 valence electrons. The van der Waals surface area contributed by atoms with Crippen LogP contribution in [0.3, 0.4) is 0 Å². The molecule has 0 bridgehead atoms. The molecule has 2 unspecified atom stereocenters. The summed E-state index contributed by atoms with van der Waals surface area (Å²) in [5, 5.41) is 17.6. The second-order valence-corrected chi connectivity index (χ2v) is 10.2. The van der Waals surface area contributed by atoms with Crippen LogP contribution in [0.25, 0.3) is 11.1 Å². The van der Waals surface area contributed by atoms with Crippen molar-refractivity contribution >= 4 is 35.2 Å². The first-order valence-corrected chi connectivity index (χ1v) is 14.1. The quantitative estimate of drug-likeness (QED) is 0.298. The molecule has 0 saturated carbocycles. The Morgan fingerprint density at radius 2 is 1.82 bits per heavy atom. The van der Waals surface area contributed by atoms with Crippen molar-refractivity contribution in [3.63, 3.8) is 0 Å². The van der Waals surface area contributed by atoms with Crippen molar-refractivity contribution in [3.8, 4) is 28.4 Å². The van der Waals surface area contributed by atoms with Crippen LogP contribution in [0, 0.1) is 0 Å². The Hall–Kier alpha value is -3.93. The van der Waals surface area contributed by atoms with Crippen LogP contribution in [0.5, 0.6) is 17.2 Å². The third-order valence-electron chi connectivity index (χ3n) is 6.60. The molecule has 2 aromatic carbocycles. The van der Waals surface area contributed by atoms with Crippen molar-refractivity contribution in [1.29, 1.82) is 0 Å². The van der Waals surface area contributed by atoms with Crippen LogP contribution < -0.4 is 35.6 Å². The molecule has 2 atom stereocenters. The first-order chi connectivity index (χ1) is 19.1. The van der Waals surface area contributed by atoms with Gasteiger partial charge in [-0.25, -0.2) is 4.79 Å². The number of fused-ring (bicyclic) bond motifs is 3. The van der Waals surface area contributed by atoms with Gasteiger partial charge in [-0.1, -0.05) is 6.07 Å². The summed E-state index contributed by atoms with van der Waals surface area (Å²) < 4.78 is 16.9. The minimum absolute atomic E-state index is 0.141. The number of benzene rings is 1. The van der Waals surface area contributed by atoms with E-state index in [4.69, 9.17) is 14.2 Å². The van der Waals surface area contributed by atoms with Gasteiger partial charge >= 0.3 is 5.97 Å². The van der Waals surface area contributed by atoms with Crippen LogP contribution in [0.2, 0.25) is 0 Å². The number of carbonyl (C=O) groups excluding carboxylic acids is 2. The van der Waals surface area contributed by atoms with Gasteiger partial charge in [0, 0.05) is 12.5 Å². The number of anilines is 1. The van der Waals surface area contributed by atoms with Gasteiger partial charge in [-0.05, 0) is 66.2 Å². The van der Waals surface area contributed by atoms with E-state index in [1.54, 1.807) is 12.1 Å². The van der Waals surface area contributed by atoms with Gasteiger partial charge in [0.1, 0.15) is 6.04 Å². The van der Waals surface area contributed by atoms with Crippen LogP contribution in [-0.4, -0.2) is 68.8 Å². The monoisotopic (exact) mass is 573 g/mol. The number of rotatable bonds is 12. The number of methoxy groups -OCH3 is 3. The highest BCUT2D eigenvalue weighted by Gasteiger charge is 2.29. The molecule has 2 amide bonds. The van der Waals surface area contributed by atoms with Crippen molar-refractivity contribution in [3.05, 3.63) is 45.6 Å². The zero-order chi connectivity index (χ0) is 29.4. The summed E-state index contributed by atoms with van der Waals surface area (Å²) in [5.74, 6) is -0.0241. The van der Waals surface area contributed by atoms with Gasteiger partial charge in [-0.2, -0.15) is 11.8 Å². The topological polar surface area (TPSA) is 152 Å². The van der Waals surface area contributed by atoms with E-state index in [1.165, 1.54) is 46.1 Å². The van der Waals surface area contributed by atoms with E-state index in [0.717, 1.165) is 5.56 Å². The SMILES string of the molecule is COc1cc2c(c(OC)c1OC)-c1ccc(NCC(=O)NC(CCSC)C(=O)O)c(=O)cc1C(NC(C)=O)CC2. The zero-order valence-corrected chi connectivity index (χ0v) is 24.0. The zero-order valence-electron chi connectivity index (χ0n) is 23.2. The molecule has 0 fully saturated rings. The molecule has 0 aromatic heterocycles. The maximum atomic E-state index is 13.3. The van der Waals surface area contributed by atoms with Gasteiger partial charge in [-0.15, -0.1) is 0 Å². The average molecular weight is 574 g/mol. The number of thioether (sulfide) groups is 1. The molecule has 3 rings (SSSR count). The third-order valence-corrected chi connectivity index (χ3v) is 7.24. The molecular formula is C28H35N3O8S. The first kappa shape index (κ1) is 30.6. The predicted octanol–water partition coefficient (Wildman–Crippen LogP) is 2.60. The number of aryl methyl sites for hydroxylation is 1. The molecule has 0 saturated heterocycles. The second-order valence-electron chi connectivity index (χ2n) is 9.19. The summed E-state index contributed by atoms with van der Waals surface area (Å²) in [6.45, 7) is 1.12. The lowest BCUT2D eigenvalue weighted by Gasteiger charge is -2.19. The number of carboxylic acids is 1. The van der Waals surface area contributed by atoms with E-state index in [2.05, 4.69) is 16.0 Å². The van der Waals surface area contributed by atoms with E-state index < -0.39 is 29.4 Å². The normalized spacial score (nSPS) is 14.5. The fraction of sp³-hybridized carbons (Fsp3) is 0.429. The van der Waals surface area contributed by atoms with Gasteiger partial charge in [0.15, 0.2) is 11.5 Å². The minimum atomic E-state index is -1.12. The van der Waals surface area contributed by atoms with Crippen molar-refractivity contribution in [2.75, 3.05) is 45.2 Å². The number of carbonyl (C=O) groups is 3. The Labute approximate surface area is 237 Å². The van der Waals surface area contributed by atoms with Crippen LogP contribution in [0.15, 0.2) is 29.1 Å². The van der Waals surface area contributed by atoms with Gasteiger partial charge in [0.25, 0.3) is 0 Å². The second kappa shape index (κ2) is 13.9. The highest BCUT2D eigenvalue weighted by molar-refractivity contribution is 7.98. The van der Waals surface area contributed by atoms with E-state index in [-0.39, 0.29) is 24.6 Å². The lowest BCUT2D eigenvalue weighted by Crippen LogP contribution is -2.43. The molecule has 12 heteroatoms. The minimum Gasteiger partial charge on any atom is -0.493 e. The molecular weight excluding hydrogens is 538 g/mol. The number of amides is 2. The number of carboxylic acid groups (broad SMARTS) is 1. The maximum Gasteiger partial charge on any atom is 0.326 e. The number of ether oxygens (including phenoxy) is 3. The highest BCUT2D eigenvalue weighted by atomic mass is 32.2. The summed E-state index contributed by atoms with van der Waals surface area (Å²) in [6.07, 6.45) is 3.21. The predicted molar refractivity (Wildman–Crippen MR) is 154 cm³/mol. The molecule has 40 heavy (non-hydrogen) atoms. The molecule has 4 N–H and O–H groups in total. The van der Waals surface area contributed by atoms with Crippen LogP contribution in [-0.2, 0) is 20.8 Å². The van der Waals surface area contributed by atoms with Crippen molar-refractivity contribution in [2.45, 2.75) is 38.3 Å². The first-order valence-electron chi connectivity index (χ1n) is 12.7. The van der Waals surface area contributed by atoms with Crippen molar-refractivity contribution in [1.82, 2.24) is 10.6 Å². The third kappa shape index (κ3) is 6.98. The fourth-order valence-corrected chi connectivity index (χ4v) is 5.24. The Bertz CT molecular complexity index is 1330. The number of aliphatic carboxylic acids is 1. The van der Waals surface area contributed by atoms with Crippen LogP contribution in [0.1, 0.15) is 36.9 Å². The molecule has 0 spiro atoms. The molecule has 0 radical (unpaired) electrons. The highest BCUT2D eigenvalue weighted by Crippen LogP contribution is 2.50. The van der Waals surface area contributed by atoms with E-state index in [9.17, 15) is 24.3 Å². The smallest absolute Gasteiger partial charge is 0.326 e. The van der Waals surface area contributed by atoms with Crippen LogP contribution in [0.4, 0.5) is 5.69 Å². The summed E-state index contributed by atoms with van der Waals surface area (Å²) in [5.41, 5.74) is 2.58. The van der Waals surface area contributed by atoms with Gasteiger partial charge in [0.05, 0.1) is 39.6 Å². The Morgan fingerprint density at radius 3 is 2.42 bits per heavy atom. The van der Waals surface area contributed by atoms with E-state index in [0.29, 0.717) is 52.5 Å².